The molecule has 3 aromatic rings. The van der Waals surface area contributed by atoms with Crippen molar-refractivity contribution in [3.05, 3.63) is 57.0 Å². The average molecular weight is 560 g/mol. The Morgan fingerprint density at radius 2 is 1.89 bits per heavy atom. The Kier molecular flexibility index (Phi) is 8.66. The van der Waals surface area contributed by atoms with Crippen LogP contribution >= 0.6 is 15.9 Å². The molecule has 3 rings (SSSR count). The summed E-state index contributed by atoms with van der Waals surface area (Å²) >= 11 is 3.61. The number of benzene rings is 2. The quantitative estimate of drug-likeness (QED) is 0.375. The van der Waals surface area contributed by atoms with Crippen molar-refractivity contribution in [3.8, 4) is 17.2 Å². The molecule has 0 spiro atoms. The zero-order valence-electron chi connectivity index (χ0n) is 22.0. The van der Waals surface area contributed by atoms with Gasteiger partial charge in [0.2, 0.25) is 0 Å². The van der Waals surface area contributed by atoms with Crippen molar-refractivity contribution in [2.24, 2.45) is 0 Å². The lowest BCUT2D eigenvalue weighted by atomic mass is 10.1. The van der Waals surface area contributed by atoms with Gasteiger partial charge in [-0.1, -0.05) is 25.5 Å². The van der Waals surface area contributed by atoms with E-state index in [4.69, 9.17) is 14.5 Å². The fourth-order valence-corrected chi connectivity index (χ4v) is 4.55. The molecule has 9 heteroatoms. The zero-order valence-corrected chi connectivity index (χ0v) is 23.6. The van der Waals surface area contributed by atoms with Crippen LogP contribution in [0.4, 0.5) is 4.79 Å². The summed E-state index contributed by atoms with van der Waals surface area (Å²) in [4.78, 5) is 34.0. The van der Waals surface area contributed by atoms with Gasteiger partial charge in [0.05, 0.1) is 41.3 Å². The van der Waals surface area contributed by atoms with E-state index in [-0.39, 0.29) is 11.6 Å². The Morgan fingerprint density at radius 3 is 2.50 bits per heavy atom. The molecule has 36 heavy (non-hydrogen) atoms. The molecule has 0 aliphatic carbocycles. The Morgan fingerprint density at radius 1 is 1.19 bits per heavy atom. The summed E-state index contributed by atoms with van der Waals surface area (Å²) in [6.45, 7) is 10.3. The molecule has 194 valence electrons. The Balaban J connectivity index is 2.32. The van der Waals surface area contributed by atoms with Crippen LogP contribution in [0.25, 0.3) is 16.6 Å². The van der Waals surface area contributed by atoms with E-state index in [1.165, 1.54) is 0 Å². The van der Waals surface area contributed by atoms with Gasteiger partial charge in [0.15, 0.2) is 0 Å². The first kappa shape index (κ1) is 27.5. The van der Waals surface area contributed by atoms with Crippen LogP contribution < -0.4 is 20.3 Å². The lowest BCUT2D eigenvalue weighted by Gasteiger charge is -2.33. The van der Waals surface area contributed by atoms with Crippen molar-refractivity contribution < 1.29 is 14.3 Å². The maximum atomic E-state index is 13.9. The molecule has 0 radical (unpaired) electrons. The number of carbonyl (C=O) groups excluding carboxylic acids is 1. The Bertz CT molecular complexity index is 1300. The van der Waals surface area contributed by atoms with E-state index in [2.05, 4.69) is 28.2 Å². The van der Waals surface area contributed by atoms with Crippen molar-refractivity contribution >= 4 is 32.9 Å². The molecule has 8 nitrogen and oxygen atoms in total. The number of fused-ring (bicyclic) bond motifs is 1. The molecule has 0 aliphatic rings. The smallest absolute Gasteiger partial charge is 0.318 e. The van der Waals surface area contributed by atoms with Crippen LogP contribution in [0.15, 0.2) is 45.7 Å². The molecule has 1 unspecified atom stereocenters. The molecular formula is C27H35BrN4O4. The van der Waals surface area contributed by atoms with Crippen LogP contribution in [-0.2, 0) is 0 Å². The van der Waals surface area contributed by atoms with Crippen LogP contribution in [0.3, 0.4) is 0 Å². The molecule has 1 aromatic heterocycles. The fraction of sp³-hybridized carbons (Fsp3) is 0.444. The maximum absolute atomic E-state index is 13.9. The molecule has 1 atom stereocenters. The molecule has 1 heterocycles. The summed E-state index contributed by atoms with van der Waals surface area (Å²) in [5.74, 6) is 1.48. The van der Waals surface area contributed by atoms with Gasteiger partial charge in [-0.2, -0.15) is 0 Å². The van der Waals surface area contributed by atoms with Gasteiger partial charge in [-0.05, 0) is 62.2 Å². The third-order valence-corrected chi connectivity index (χ3v) is 6.63. The van der Waals surface area contributed by atoms with Gasteiger partial charge >= 0.3 is 6.03 Å². The van der Waals surface area contributed by atoms with Gasteiger partial charge in [-0.25, -0.2) is 9.78 Å². The van der Waals surface area contributed by atoms with Crippen molar-refractivity contribution in [1.29, 1.82) is 0 Å². The third kappa shape index (κ3) is 5.83. The summed E-state index contributed by atoms with van der Waals surface area (Å²) in [7, 11) is 3.11. The number of halogens is 1. The standard InChI is InChI=1S/C27H35BrN4O4/c1-8-9-14-31(26(34)30-27(3,4)5)17(2)24-29-20-13-11-10-12-19(20)25(33)32(24)21-15-18(35-6)16-22(36-7)23(21)28/h10-13,15-17H,8-9,14H2,1-7H3,(H,30,34). The van der Waals surface area contributed by atoms with E-state index >= 15 is 0 Å². The SMILES string of the molecule is CCCCN(C(=O)NC(C)(C)C)C(C)c1nc2ccccc2c(=O)n1-c1cc(OC)cc(OC)c1Br. The molecule has 2 aromatic carbocycles. The summed E-state index contributed by atoms with van der Waals surface area (Å²) in [6.07, 6.45) is 1.74. The van der Waals surface area contributed by atoms with E-state index in [0.29, 0.717) is 44.9 Å². The van der Waals surface area contributed by atoms with E-state index in [0.717, 1.165) is 12.8 Å². The van der Waals surface area contributed by atoms with Crippen LogP contribution in [-0.4, -0.2) is 46.8 Å². The largest absolute Gasteiger partial charge is 0.497 e. The van der Waals surface area contributed by atoms with Crippen LogP contribution in [0.1, 0.15) is 59.3 Å². The number of methoxy groups -OCH3 is 2. The van der Waals surface area contributed by atoms with E-state index in [1.807, 2.05) is 45.9 Å². The minimum absolute atomic E-state index is 0.209. The molecular weight excluding hydrogens is 524 g/mol. The lowest BCUT2D eigenvalue weighted by Crippen LogP contribution is -2.50. The van der Waals surface area contributed by atoms with Gasteiger partial charge in [0.1, 0.15) is 17.3 Å². The van der Waals surface area contributed by atoms with Gasteiger partial charge in [-0.3, -0.25) is 9.36 Å². The summed E-state index contributed by atoms with van der Waals surface area (Å²) in [6, 6.07) is 9.99. The molecule has 1 N–H and O–H groups in total. The van der Waals surface area contributed by atoms with Crippen molar-refractivity contribution in [1.82, 2.24) is 19.8 Å². The van der Waals surface area contributed by atoms with Gasteiger partial charge < -0.3 is 19.7 Å². The lowest BCUT2D eigenvalue weighted by molar-refractivity contribution is 0.166. The summed E-state index contributed by atoms with van der Waals surface area (Å²) in [5, 5.41) is 3.53. The second kappa shape index (κ2) is 11.3. The Labute approximate surface area is 220 Å². The normalized spacial score (nSPS) is 12.3. The van der Waals surface area contributed by atoms with E-state index < -0.39 is 11.6 Å². The maximum Gasteiger partial charge on any atom is 0.318 e. The van der Waals surface area contributed by atoms with Gasteiger partial charge in [0, 0.05) is 24.2 Å². The topological polar surface area (TPSA) is 85.7 Å². The number of nitrogens with one attached hydrogen (secondary N) is 1. The number of unbranched alkanes of at least 4 members (excludes halogenated alkanes) is 1. The van der Waals surface area contributed by atoms with Crippen LogP contribution in [0.5, 0.6) is 11.5 Å². The summed E-state index contributed by atoms with van der Waals surface area (Å²) < 4.78 is 13.1. The molecule has 0 bridgehead atoms. The minimum atomic E-state index is -0.514. The monoisotopic (exact) mass is 558 g/mol. The highest BCUT2D eigenvalue weighted by Gasteiger charge is 2.29. The van der Waals surface area contributed by atoms with Crippen molar-refractivity contribution in [2.45, 2.75) is 59.0 Å². The fourth-order valence-electron chi connectivity index (χ4n) is 3.98. The molecule has 0 saturated heterocycles. The second-order valence-corrected chi connectivity index (χ2v) is 10.5. The first-order valence-electron chi connectivity index (χ1n) is 12.0. The van der Waals surface area contributed by atoms with Crippen LogP contribution in [0.2, 0.25) is 0 Å². The number of urea groups is 1. The number of amides is 2. The molecule has 0 fully saturated rings. The predicted octanol–water partition coefficient (Wildman–Crippen LogP) is 5.84. The van der Waals surface area contributed by atoms with Crippen molar-refractivity contribution in [2.75, 3.05) is 20.8 Å². The first-order chi connectivity index (χ1) is 17.0. The number of para-hydroxylation sites is 1. The molecule has 0 aliphatic heterocycles. The highest BCUT2D eigenvalue weighted by Crippen LogP contribution is 2.37. The minimum Gasteiger partial charge on any atom is -0.497 e. The van der Waals surface area contributed by atoms with Gasteiger partial charge in [0.25, 0.3) is 5.56 Å². The number of aromatic nitrogens is 2. The number of hydrogen-bond donors (Lipinski definition) is 1. The summed E-state index contributed by atoms with van der Waals surface area (Å²) in [5.41, 5.74) is 0.423. The number of hydrogen-bond acceptors (Lipinski definition) is 5. The highest BCUT2D eigenvalue weighted by molar-refractivity contribution is 9.10. The Hall–Kier alpha value is -3.07. The third-order valence-electron chi connectivity index (χ3n) is 5.83. The molecule has 2 amide bonds. The van der Waals surface area contributed by atoms with Crippen molar-refractivity contribution in [3.63, 3.8) is 0 Å². The van der Waals surface area contributed by atoms with E-state index in [1.54, 1.807) is 41.9 Å². The number of carbonyl (C=O) groups is 1. The van der Waals surface area contributed by atoms with E-state index in [9.17, 15) is 9.59 Å². The van der Waals surface area contributed by atoms with Gasteiger partial charge in [-0.15, -0.1) is 0 Å². The number of rotatable bonds is 8. The predicted molar refractivity (Wildman–Crippen MR) is 146 cm³/mol. The molecule has 0 saturated carbocycles. The second-order valence-electron chi connectivity index (χ2n) is 9.69. The number of ether oxygens (including phenoxy) is 2. The van der Waals surface area contributed by atoms with Crippen LogP contribution in [0, 0.1) is 0 Å². The number of nitrogens with zero attached hydrogens (tertiary/aromatic N) is 3. The average Bonchev–Trinajstić information content (AvgIpc) is 2.83. The first-order valence-corrected chi connectivity index (χ1v) is 12.8. The zero-order chi connectivity index (χ0) is 26.6. The highest BCUT2D eigenvalue weighted by atomic mass is 79.9.